The van der Waals surface area contributed by atoms with Crippen molar-refractivity contribution in [3.05, 3.63) is 57.8 Å². The topological polar surface area (TPSA) is 40.5 Å². The van der Waals surface area contributed by atoms with Crippen LogP contribution < -0.4 is 0 Å². The highest BCUT2D eigenvalue weighted by Gasteiger charge is 2.35. The number of carboxylic acid groups (broad SMARTS) is 1. The number of likely N-dealkylation sites (tertiary alicyclic amines) is 1. The van der Waals surface area contributed by atoms with Crippen LogP contribution in [0.25, 0.3) is 0 Å². The molecule has 0 amide bonds. The van der Waals surface area contributed by atoms with Gasteiger partial charge in [0.2, 0.25) is 0 Å². The summed E-state index contributed by atoms with van der Waals surface area (Å²) < 4.78 is 0. The van der Waals surface area contributed by atoms with Crippen LogP contribution in [0.1, 0.15) is 42.0 Å². The molecule has 0 saturated carbocycles. The molecule has 1 aliphatic heterocycles. The average Bonchev–Trinajstić information content (AvgIpc) is 3.02. The molecule has 2 aromatic rings. The number of hydrogen-bond donors (Lipinski definition) is 1. The molecule has 0 radical (unpaired) electrons. The molecule has 4 heteroatoms. The van der Waals surface area contributed by atoms with E-state index in [4.69, 9.17) is 0 Å². The standard InChI is InChI=1S/C18H21NO2S/c1-13-5-4-6-14(11-13)17(15-8-10-22-12-15)19-9-3-2-7-16(19)18(20)21/h4-6,8,10-12,16-17H,2-3,7,9H2,1H3,(H,20,21). The second-order valence-corrected chi connectivity index (χ2v) is 6.74. The van der Waals surface area contributed by atoms with E-state index in [0.29, 0.717) is 0 Å². The summed E-state index contributed by atoms with van der Waals surface area (Å²) in [7, 11) is 0. The van der Waals surface area contributed by atoms with E-state index < -0.39 is 5.97 Å². The van der Waals surface area contributed by atoms with E-state index in [0.717, 1.165) is 25.8 Å². The number of nitrogens with zero attached hydrogens (tertiary/aromatic N) is 1. The predicted octanol–water partition coefficient (Wildman–Crippen LogP) is 4.09. The van der Waals surface area contributed by atoms with E-state index in [-0.39, 0.29) is 12.1 Å². The Morgan fingerprint density at radius 3 is 2.86 bits per heavy atom. The van der Waals surface area contributed by atoms with Gasteiger partial charge in [-0.3, -0.25) is 9.69 Å². The number of aliphatic carboxylic acids is 1. The van der Waals surface area contributed by atoms with Gasteiger partial charge in [-0.25, -0.2) is 0 Å². The van der Waals surface area contributed by atoms with Gasteiger partial charge in [-0.2, -0.15) is 11.3 Å². The Morgan fingerprint density at radius 2 is 2.18 bits per heavy atom. The largest absolute Gasteiger partial charge is 0.480 e. The molecule has 116 valence electrons. The molecule has 0 bridgehead atoms. The zero-order chi connectivity index (χ0) is 15.5. The molecule has 1 N–H and O–H groups in total. The molecule has 2 heterocycles. The number of carboxylic acids is 1. The van der Waals surface area contributed by atoms with Crippen LogP contribution in [0.4, 0.5) is 0 Å². The van der Waals surface area contributed by atoms with E-state index in [2.05, 4.69) is 52.9 Å². The van der Waals surface area contributed by atoms with Gasteiger partial charge in [0, 0.05) is 0 Å². The fraction of sp³-hybridized carbons (Fsp3) is 0.389. The fourth-order valence-electron chi connectivity index (χ4n) is 3.37. The fourth-order valence-corrected chi connectivity index (χ4v) is 4.05. The summed E-state index contributed by atoms with van der Waals surface area (Å²) in [6.45, 7) is 2.92. The smallest absolute Gasteiger partial charge is 0.320 e. The Labute approximate surface area is 135 Å². The van der Waals surface area contributed by atoms with E-state index in [1.807, 2.05) is 0 Å². The van der Waals surface area contributed by atoms with Crippen molar-refractivity contribution in [3.8, 4) is 0 Å². The van der Waals surface area contributed by atoms with Crippen molar-refractivity contribution < 1.29 is 9.90 Å². The summed E-state index contributed by atoms with van der Waals surface area (Å²) in [5.41, 5.74) is 3.59. The van der Waals surface area contributed by atoms with Crippen LogP contribution in [0, 0.1) is 6.92 Å². The molecule has 1 aromatic heterocycles. The van der Waals surface area contributed by atoms with Crippen LogP contribution in [0.2, 0.25) is 0 Å². The minimum Gasteiger partial charge on any atom is -0.480 e. The van der Waals surface area contributed by atoms with Crippen molar-refractivity contribution >= 4 is 17.3 Å². The molecule has 0 spiro atoms. The Bertz CT molecular complexity index is 638. The van der Waals surface area contributed by atoms with Crippen molar-refractivity contribution in [3.63, 3.8) is 0 Å². The molecule has 3 rings (SSSR count). The van der Waals surface area contributed by atoms with Crippen molar-refractivity contribution in [1.29, 1.82) is 0 Å². The van der Waals surface area contributed by atoms with Crippen LogP contribution in [0.3, 0.4) is 0 Å². The third kappa shape index (κ3) is 3.08. The molecule has 1 aromatic carbocycles. The number of thiophene rings is 1. The Kier molecular flexibility index (Phi) is 4.60. The quantitative estimate of drug-likeness (QED) is 0.924. The lowest BCUT2D eigenvalue weighted by Crippen LogP contribution is -2.46. The molecule has 3 nitrogen and oxygen atoms in total. The van der Waals surface area contributed by atoms with Crippen molar-refractivity contribution in [2.24, 2.45) is 0 Å². The third-order valence-electron chi connectivity index (χ3n) is 4.38. The summed E-state index contributed by atoms with van der Waals surface area (Å²) in [4.78, 5) is 13.9. The van der Waals surface area contributed by atoms with E-state index in [1.165, 1.54) is 16.7 Å². The molecule has 2 unspecified atom stereocenters. The lowest BCUT2D eigenvalue weighted by atomic mass is 9.92. The number of aryl methyl sites for hydroxylation is 1. The Morgan fingerprint density at radius 1 is 1.32 bits per heavy atom. The second kappa shape index (κ2) is 6.63. The van der Waals surface area contributed by atoms with Crippen molar-refractivity contribution in [1.82, 2.24) is 4.90 Å². The van der Waals surface area contributed by atoms with Gasteiger partial charge in [0.15, 0.2) is 0 Å². The van der Waals surface area contributed by atoms with E-state index in [9.17, 15) is 9.90 Å². The van der Waals surface area contributed by atoms with Gasteiger partial charge in [0.25, 0.3) is 0 Å². The first-order valence-electron chi connectivity index (χ1n) is 7.74. The molecular weight excluding hydrogens is 294 g/mol. The van der Waals surface area contributed by atoms with Gasteiger partial charge in [-0.05, 0) is 54.3 Å². The molecule has 1 aliphatic rings. The van der Waals surface area contributed by atoms with Gasteiger partial charge >= 0.3 is 5.97 Å². The third-order valence-corrected chi connectivity index (χ3v) is 5.08. The Hall–Kier alpha value is -1.65. The highest BCUT2D eigenvalue weighted by atomic mass is 32.1. The van der Waals surface area contributed by atoms with Gasteiger partial charge in [-0.1, -0.05) is 36.2 Å². The molecule has 0 aliphatic carbocycles. The first-order valence-corrected chi connectivity index (χ1v) is 8.68. The molecule has 22 heavy (non-hydrogen) atoms. The number of piperidine rings is 1. The summed E-state index contributed by atoms with van der Waals surface area (Å²) in [6, 6.07) is 10.2. The minimum atomic E-state index is -0.701. The SMILES string of the molecule is Cc1cccc(C(c2ccsc2)N2CCCCC2C(=O)O)c1. The van der Waals surface area contributed by atoms with Gasteiger partial charge in [-0.15, -0.1) is 0 Å². The first kappa shape index (κ1) is 15.3. The maximum atomic E-state index is 11.7. The molecule has 1 saturated heterocycles. The zero-order valence-electron chi connectivity index (χ0n) is 12.7. The van der Waals surface area contributed by atoms with Crippen LogP contribution in [-0.2, 0) is 4.79 Å². The lowest BCUT2D eigenvalue weighted by Gasteiger charge is -2.39. The number of rotatable bonds is 4. The zero-order valence-corrected chi connectivity index (χ0v) is 13.6. The highest BCUT2D eigenvalue weighted by Crippen LogP contribution is 2.35. The molecule has 1 fully saturated rings. The summed E-state index contributed by atoms with van der Waals surface area (Å²) in [5.74, 6) is -0.701. The van der Waals surface area contributed by atoms with Gasteiger partial charge < -0.3 is 5.11 Å². The lowest BCUT2D eigenvalue weighted by molar-refractivity contribution is -0.145. The Balaban J connectivity index is 2.03. The maximum Gasteiger partial charge on any atom is 0.320 e. The average molecular weight is 315 g/mol. The highest BCUT2D eigenvalue weighted by molar-refractivity contribution is 7.08. The summed E-state index contributed by atoms with van der Waals surface area (Å²) in [5, 5.41) is 13.8. The summed E-state index contributed by atoms with van der Waals surface area (Å²) >= 11 is 1.67. The van der Waals surface area contributed by atoms with Gasteiger partial charge in [0.05, 0.1) is 6.04 Å². The van der Waals surface area contributed by atoms with Crippen molar-refractivity contribution in [2.75, 3.05) is 6.54 Å². The second-order valence-electron chi connectivity index (χ2n) is 5.96. The van der Waals surface area contributed by atoms with Crippen molar-refractivity contribution in [2.45, 2.75) is 38.3 Å². The van der Waals surface area contributed by atoms with Crippen LogP contribution in [-0.4, -0.2) is 28.6 Å². The van der Waals surface area contributed by atoms with E-state index >= 15 is 0 Å². The van der Waals surface area contributed by atoms with Crippen LogP contribution in [0.15, 0.2) is 41.1 Å². The molecule has 2 atom stereocenters. The number of carbonyl (C=O) groups is 1. The van der Waals surface area contributed by atoms with Crippen LogP contribution in [0.5, 0.6) is 0 Å². The normalized spacial score (nSPS) is 20.7. The maximum absolute atomic E-state index is 11.7. The van der Waals surface area contributed by atoms with E-state index in [1.54, 1.807) is 11.3 Å². The monoisotopic (exact) mass is 315 g/mol. The first-order chi connectivity index (χ1) is 10.7. The van der Waals surface area contributed by atoms with Crippen LogP contribution >= 0.6 is 11.3 Å². The molecular formula is C18H21NO2S. The van der Waals surface area contributed by atoms with Gasteiger partial charge in [0.1, 0.15) is 6.04 Å². The number of benzene rings is 1. The predicted molar refractivity (Wildman–Crippen MR) is 89.3 cm³/mol. The minimum absolute atomic E-state index is 0.0348. The number of hydrogen-bond acceptors (Lipinski definition) is 3. The summed E-state index contributed by atoms with van der Waals surface area (Å²) in [6.07, 6.45) is 2.80.